The topological polar surface area (TPSA) is 80.8 Å². The van der Waals surface area contributed by atoms with Crippen LogP contribution in [0.15, 0.2) is 18.3 Å². The van der Waals surface area contributed by atoms with Gasteiger partial charge in [-0.1, -0.05) is 6.07 Å². The minimum absolute atomic E-state index is 0.0419. The van der Waals surface area contributed by atoms with E-state index in [1.165, 1.54) is 12.8 Å². The summed E-state index contributed by atoms with van der Waals surface area (Å²) in [6, 6.07) is 4.01. The summed E-state index contributed by atoms with van der Waals surface area (Å²) in [5.74, 6) is 1.06. The van der Waals surface area contributed by atoms with E-state index >= 15 is 0 Å². The highest BCUT2D eigenvalue weighted by Crippen LogP contribution is 2.17. The van der Waals surface area contributed by atoms with Crippen LogP contribution >= 0.6 is 0 Å². The fourth-order valence-corrected chi connectivity index (χ4v) is 3.51. The third kappa shape index (κ3) is 5.56. The van der Waals surface area contributed by atoms with Crippen LogP contribution < -0.4 is 15.5 Å². The van der Waals surface area contributed by atoms with Gasteiger partial charge in [-0.3, -0.25) is 9.69 Å². The molecule has 8 heteroatoms. The van der Waals surface area contributed by atoms with Gasteiger partial charge in [0.2, 0.25) is 5.91 Å². The molecule has 0 aliphatic carbocycles. The molecule has 2 fully saturated rings. The van der Waals surface area contributed by atoms with Crippen molar-refractivity contribution in [3.8, 4) is 0 Å². The lowest BCUT2D eigenvalue weighted by molar-refractivity contribution is -0.122. The van der Waals surface area contributed by atoms with E-state index < -0.39 is 0 Å². The lowest BCUT2D eigenvalue weighted by Crippen LogP contribution is -2.53. The van der Waals surface area contributed by atoms with Crippen LogP contribution in [0.5, 0.6) is 0 Å². The van der Waals surface area contributed by atoms with Crippen molar-refractivity contribution in [3.05, 3.63) is 23.9 Å². The number of likely N-dealkylation sites (N-methyl/N-ethyl adjacent to an activating group) is 1. The number of anilines is 1. The van der Waals surface area contributed by atoms with E-state index in [4.69, 9.17) is 0 Å². The second kappa shape index (κ2) is 9.55. The Bertz CT molecular complexity index is 622. The van der Waals surface area contributed by atoms with Gasteiger partial charge in [-0.15, -0.1) is 0 Å². The maximum absolute atomic E-state index is 12.4. The molecule has 0 atom stereocenters. The van der Waals surface area contributed by atoms with Gasteiger partial charge in [0.15, 0.2) is 0 Å². The summed E-state index contributed by atoms with van der Waals surface area (Å²) < 4.78 is 0. The van der Waals surface area contributed by atoms with Gasteiger partial charge in [0.1, 0.15) is 5.82 Å². The Kier molecular flexibility index (Phi) is 6.86. The Morgan fingerprint density at radius 1 is 1.04 bits per heavy atom. The number of rotatable bonds is 6. The first kappa shape index (κ1) is 19.4. The van der Waals surface area contributed by atoms with E-state index in [-0.39, 0.29) is 11.9 Å². The number of hydrogen-bond donors (Lipinski definition) is 2. The fraction of sp³-hybridized carbons (Fsp3) is 0.632. The molecular formula is C19H30N6O2. The summed E-state index contributed by atoms with van der Waals surface area (Å²) in [5, 5.41) is 5.77. The third-order valence-corrected chi connectivity index (χ3v) is 5.08. The number of amides is 3. The molecule has 2 saturated heterocycles. The molecule has 1 aromatic rings. The standard InChI is InChI=1S/C19H30N6O2/c1-2-20-18(26)15-23-9-11-25(12-10-23)19(27)22-14-16-5-6-17(21-13-16)24-7-3-4-8-24/h5-6,13H,2-4,7-12,14-15H2,1H3,(H,20,26)(H,22,27). The molecule has 3 rings (SSSR count). The molecule has 0 unspecified atom stereocenters. The van der Waals surface area contributed by atoms with E-state index in [9.17, 15) is 9.59 Å². The third-order valence-electron chi connectivity index (χ3n) is 5.08. The van der Waals surface area contributed by atoms with Crippen LogP contribution in [0.3, 0.4) is 0 Å². The van der Waals surface area contributed by atoms with Crippen molar-refractivity contribution in [2.24, 2.45) is 0 Å². The summed E-state index contributed by atoms with van der Waals surface area (Å²) in [4.78, 5) is 34.7. The average Bonchev–Trinajstić information content (AvgIpc) is 3.22. The SMILES string of the molecule is CCNC(=O)CN1CCN(C(=O)NCc2ccc(N3CCCC3)nc2)CC1. The molecule has 3 amide bonds. The number of nitrogens with one attached hydrogen (secondary N) is 2. The predicted octanol–water partition coefficient (Wildman–Crippen LogP) is 0.645. The highest BCUT2D eigenvalue weighted by molar-refractivity contribution is 5.78. The Labute approximate surface area is 160 Å². The number of piperazine rings is 1. The Morgan fingerprint density at radius 3 is 2.41 bits per heavy atom. The van der Waals surface area contributed by atoms with Crippen LogP contribution in [0.1, 0.15) is 25.3 Å². The molecule has 0 radical (unpaired) electrons. The van der Waals surface area contributed by atoms with Crippen LogP contribution in [-0.2, 0) is 11.3 Å². The van der Waals surface area contributed by atoms with Crippen LogP contribution in [0.2, 0.25) is 0 Å². The van der Waals surface area contributed by atoms with Crippen LogP contribution in [0, 0.1) is 0 Å². The van der Waals surface area contributed by atoms with Crippen molar-refractivity contribution in [3.63, 3.8) is 0 Å². The number of aromatic nitrogens is 1. The molecule has 0 bridgehead atoms. The zero-order chi connectivity index (χ0) is 19.1. The van der Waals surface area contributed by atoms with E-state index in [1.807, 2.05) is 25.3 Å². The average molecular weight is 374 g/mol. The fourth-order valence-electron chi connectivity index (χ4n) is 3.51. The second-order valence-corrected chi connectivity index (χ2v) is 7.09. The highest BCUT2D eigenvalue weighted by atomic mass is 16.2. The molecule has 1 aromatic heterocycles. The van der Waals surface area contributed by atoms with Gasteiger partial charge in [0.05, 0.1) is 6.54 Å². The maximum Gasteiger partial charge on any atom is 0.317 e. The van der Waals surface area contributed by atoms with Crippen molar-refractivity contribution in [1.82, 2.24) is 25.4 Å². The van der Waals surface area contributed by atoms with Crippen molar-refractivity contribution < 1.29 is 9.59 Å². The normalized spacial score (nSPS) is 17.8. The monoisotopic (exact) mass is 374 g/mol. The van der Waals surface area contributed by atoms with Gasteiger partial charge >= 0.3 is 6.03 Å². The summed E-state index contributed by atoms with van der Waals surface area (Å²) in [6.45, 7) is 8.31. The molecule has 148 valence electrons. The van der Waals surface area contributed by atoms with Gasteiger partial charge < -0.3 is 20.4 Å². The first-order valence-electron chi connectivity index (χ1n) is 9.87. The molecule has 2 aliphatic rings. The second-order valence-electron chi connectivity index (χ2n) is 7.09. The first-order valence-corrected chi connectivity index (χ1v) is 9.87. The zero-order valence-electron chi connectivity index (χ0n) is 16.1. The Hall–Kier alpha value is -2.35. The van der Waals surface area contributed by atoms with Crippen molar-refractivity contribution >= 4 is 17.8 Å². The summed E-state index contributed by atoms with van der Waals surface area (Å²) >= 11 is 0. The van der Waals surface area contributed by atoms with E-state index in [0.29, 0.717) is 32.7 Å². The van der Waals surface area contributed by atoms with E-state index in [1.54, 1.807) is 4.90 Å². The van der Waals surface area contributed by atoms with Gasteiger partial charge in [-0.2, -0.15) is 0 Å². The largest absolute Gasteiger partial charge is 0.357 e. The van der Waals surface area contributed by atoms with Gasteiger partial charge in [0, 0.05) is 58.6 Å². The molecule has 27 heavy (non-hydrogen) atoms. The smallest absolute Gasteiger partial charge is 0.317 e. The lowest BCUT2D eigenvalue weighted by Gasteiger charge is -2.34. The molecule has 3 heterocycles. The van der Waals surface area contributed by atoms with E-state index in [2.05, 4.69) is 25.4 Å². The number of carbonyl (C=O) groups excluding carboxylic acids is 2. The summed E-state index contributed by atoms with van der Waals surface area (Å²) in [7, 11) is 0. The Balaban J connectivity index is 1.39. The molecular weight excluding hydrogens is 344 g/mol. The highest BCUT2D eigenvalue weighted by Gasteiger charge is 2.22. The Morgan fingerprint density at radius 2 is 1.78 bits per heavy atom. The zero-order valence-corrected chi connectivity index (χ0v) is 16.1. The quantitative estimate of drug-likeness (QED) is 0.764. The molecule has 0 spiro atoms. The van der Waals surface area contributed by atoms with Crippen molar-refractivity contribution in [2.45, 2.75) is 26.3 Å². The molecule has 0 aromatic carbocycles. The number of urea groups is 1. The minimum atomic E-state index is -0.0590. The lowest BCUT2D eigenvalue weighted by atomic mass is 10.2. The summed E-state index contributed by atoms with van der Waals surface area (Å²) in [6.07, 6.45) is 4.31. The minimum Gasteiger partial charge on any atom is -0.357 e. The number of hydrogen-bond acceptors (Lipinski definition) is 5. The molecule has 2 N–H and O–H groups in total. The van der Waals surface area contributed by atoms with Crippen molar-refractivity contribution in [2.75, 3.05) is 57.3 Å². The molecule has 2 aliphatic heterocycles. The van der Waals surface area contributed by atoms with Crippen molar-refractivity contribution in [1.29, 1.82) is 0 Å². The molecule has 8 nitrogen and oxygen atoms in total. The van der Waals surface area contributed by atoms with Crippen LogP contribution in [0.25, 0.3) is 0 Å². The number of nitrogens with zero attached hydrogens (tertiary/aromatic N) is 4. The van der Waals surface area contributed by atoms with Gasteiger partial charge in [0.25, 0.3) is 0 Å². The van der Waals surface area contributed by atoms with Crippen LogP contribution in [-0.4, -0.2) is 79.1 Å². The molecule has 0 saturated carbocycles. The van der Waals surface area contributed by atoms with Crippen LogP contribution in [0.4, 0.5) is 10.6 Å². The van der Waals surface area contributed by atoms with Gasteiger partial charge in [-0.05, 0) is 31.4 Å². The number of carbonyl (C=O) groups is 2. The maximum atomic E-state index is 12.4. The van der Waals surface area contributed by atoms with E-state index in [0.717, 1.165) is 37.6 Å². The first-order chi connectivity index (χ1) is 13.2. The summed E-state index contributed by atoms with van der Waals surface area (Å²) in [5.41, 5.74) is 1.00. The van der Waals surface area contributed by atoms with Gasteiger partial charge in [-0.25, -0.2) is 9.78 Å². The predicted molar refractivity (Wildman–Crippen MR) is 105 cm³/mol. The number of pyridine rings is 1.